The molecule has 0 saturated carbocycles. The molecule has 0 radical (unpaired) electrons. The van der Waals surface area contributed by atoms with Crippen LogP contribution in [0.1, 0.15) is 36.5 Å². The van der Waals surface area contributed by atoms with Gasteiger partial charge in [0.05, 0.1) is 42.6 Å². The van der Waals surface area contributed by atoms with Crippen molar-refractivity contribution in [1.82, 2.24) is 14.5 Å². The lowest BCUT2D eigenvalue weighted by Gasteiger charge is -2.26. The molecule has 1 saturated heterocycles. The summed E-state index contributed by atoms with van der Waals surface area (Å²) in [5.74, 6) is 0.841. The van der Waals surface area contributed by atoms with E-state index in [1.165, 1.54) is 22.4 Å². The molecule has 1 unspecified atom stereocenters. The highest BCUT2D eigenvalue weighted by Gasteiger charge is 2.22. The van der Waals surface area contributed by atoms with Crippen LogP contribution in [0.5, 0.6) is 0 Å². The maximum absolute atomic E-state index is 10.7. The van der Waals surface area contributed by atoms with E-state index in [4.69, 9.17) is 14.7 Å². The lowest BCUT2D eigenvalue weighted by atomic mass is 10.1. The first kappa shape index (κ1) is 26.0. The largest absolute Gasteiger partial charge is 0.387 e. The van der Waals surface area contributed by atoms with Gasteiger partial charge in [-0.3, -0.25) is 9.89 Å². The standard InChI is InChI=1S/C31H40N6O2/c1-22-4-7-25-10-13-36(28(25)18-22)20-24-6-8-26-29(19-24)37(21-27-30(38)9-5-23(2)33-27)31(34-26)32-11-3-12-35-14-16-39-17-15-35/h4-8,18-19,30,38H,3,9-17,20-21H2,1-2H3,(H,32,34). The highest BCUT2D eigenvalue weighted by Crippen LogP contribution is 2.31. The zero-order chi connectivity index (χ0) is 26.8. The molecule has 0 aliphatic carbocycles. The average molecular weight is 529 g/mol. The Morgan fingerprint density at radius 3 is 2.79 bits per heavy atom. The first-order valence-electron chi connectivity index (χ1n) is 14.3. The summed E-state index contributed by atoms with van der Waals surface area (Å²) in [7, 11) is 0. The summed E-state index contributed by atoms with van der Waals surface area (Å²) in [6, 6.07) is 13.4. The maximum Gasteiger partial charge on any atom is 0.204 e. The SMILES string of the molecule is CC1=CCC(O)C(Cn2c(NCCCN3CCOCC3)nc3ccc(CN4CCc5ccc(C)cc54)cc32)=N1. The second kappa shape index (κ2) is 11.5. The minimum absolute atomic E-state index is 0.518. The average Bonchev–Trinajstić information content (AvgIpc) is 3.49. The van der Waals surface area contributed by atoms with E-state index in [1.54, 1.807) is 0 Å². The number of aryl methyl sites for hydroxylation is 1. The number of hydrogen-bond donors (Lipinski definition) is 2. The Bertz CT molecular complexity index is 1390. The fourth-order valence-electron chi connectivity index (χ4n) is 5.90. The van der Waals surface area contributed by atoms with Crippen LogP contribution in [-0.4, -0.2) is 77.3 Å². The van der Waals surface area contributed by atoms with E-state index >= 15 is 0 Å². The topological polar surface area (TPSA) is 78.1 Å². The molecule has 3 aromatic rings. The Morgan fingerprint density at radius 2 is 1.92 bits per heavy atom. The van der Waals surface area contributed by atoms with E-state index in [0.29, 0.717) is 13.0 Å². The summed E-state index contributed by atoms with van der Waals surface area (Å²) in [5, 5.41) is 14.3. The van der Waals surface area contributed by atoms with Gasteiger partial charge in [0.15, 0.2) is 0 Å². The third kappa shape index (κ3) is 5.88. The molecule has 8 nitrogen and oxygen atoms in total. The summed E-state index contributed by atoms with van der Waals surface area (Å²) in [6.07, 6.45) is 4.18. The van der Waals surface area contributed by atoms with Gasteiger partial charge in [0.1, 0.15) is 0 Å². The Kier molecular flexibility index (Phi) is 7.68. The van der Waals surface area contributed by atoms with Gasteiger partial charge in [-0.2, -0.15) is 0 Å². The van der Waals surface area contributed by atoms with E-state index in [2.05, 4.69) is 63.0 Å². The maximum atomic E-state index is 10.7. The molecule has 1 atom stereocenters. The molecule has 206 valence electrons. The number of nitrogens with one attached hydrogen (secondary N) is 1. The molecule has 0 amide bonds. The van der Waals surface area contributed by atoms with Gasteiger partial charge in [-0.25, -0.2) is 4.98 Å². The number of allylic oxidation sites excluding steroid dienone is 1. The van der Waals surface area contributed by atoms with Crippen LogP contribution in [0.4, 0.5) is 11.6 Å². The minimum atomic E-state index is -0.562. The Morgan fingerprint density at radius 1 is 1.05 bits per heavy atom. The molecular weight excluding hydrogens is 488 g/mol. The number of aliphatic hydroxyl groups excluding tert-OH is 1. The number of benzene rings is 2. The van der Waals surface area contributed by atoms with Crippen molar-refractivity contribution in [2.45, 2.75) is 52.3 Å². The highest BCUT2D eigenvalue weighted by atomic mass is 16.5. The molecule has 3 aliphatic heterocycles. The van der Waals surface area contributed by atoms with Crippen LogP contribution in [0.25, 0.3) is 11.0 Å². The fourth-order valence-corrected chi connectivity index (χ4v) is 5.90. The Balaban J connectivity index is 1.24. The predicted molar refractivity (Wildman–Crippen MR) is 158 cm³/mol. The minimum Gasteiger partial charge on any atom is -0.387 e. The monoisotopic (exact) mass is 528 g/mol. The van der Waals surface area contributed by atoms with Crippen LogP contribution < -0.4 is 10.2 Å². The van der Waals surface area contributed by atoms with Crippen LogP contribution in [0, 0.1) is 6.92 Å². The number of nitrogens with zero attached hydrogens (tertiary/aromatic N) is 5. The second-order valence-corrected chi connectivity index (χ2v) is 11.1. The van der Waals surface area contributed by atoms with Crippen LogP contribution in [0.15, 0.2) is 53.2 Å². The van der Waals surface area contributed by atoms with Crippen molar-refractivity contribution in [3.63, 3.8) is 0 Å². The molecular formula is C31H40N6O2. The quantitative estimate of drug-likeness (QED) is 0.407. The number of aliphatic imine (C=N–C) groups is 1. The van der Waals surface area contributed by atoms with Gasteiger partial charge >= 0.3 is 0 Å². The number of aliphatic hydroxyl groups is 1. The molecule has 6 rings (SSSR count). The van der Waals surface area contributed by atoms with Gasteiger partial charge in [0.2, 0.25) is 5.95 Å². The fraction of sp³-hybridized carbons (Fsp3) is 0.484. The number of hydrogen-bond acceptors (Lipinski definition) is 7. The van der Waals surface area contributed by atoms with E-state index in [1.807, 2.05) is 13.0 Å². The number of morpholine rings is 1. The van der Waals surface area contributed by atoms with Crippen molar-refractivity contribution in [3.05, 3.63) is 64.9 Å². The second-order valence-electron chi connectivity index (χ2n) is 11.1. The lowest BCUT2D eigenvalue weighted by molar-refractivity contribution is 0.0378. The summed E-state index contributed by atoms with van der Waals surface area (Å²) >= 11 is 0. The van der Waals surface area contributed by atoms with E-state index in [0.717, 1.165) is 93.7 Å². The molecule has 0 spiro atoms. The van der Waals surface area contributed by atoms with E-state index in [-0.39, 0.29) is 0 Å². The number of ether oxygens (including phenoxy) is 1. The van der Waals surface area contributed by atoms with Crippen molar-refractivity contribution < 1.29 is 9.84 Å². The number of rotatable bonds is 9. The van der Waals surface area contributed by atoms with Gasteiger partial charge in [-0.1, -0.05) is 24.3 Å². The molecule has 3 aliphatic rings. The molecule has 4 heterocycles. The molecule has 2 N–H and O–H groups in total. The predicted octanol–water partition coefficient (Wildman–Crippen LogP) is 4.15. The summed E-state index contributed by atoms with van der Waals surface area (Å²) in [6.45, 7) is 12.1. The first-order chi connectivity index (χ1) is 19.0. The van der Waals surface area contributed by atoms with Crippen molar-refractivity contribution in [3.8, 4) is 0 Å². The molecule has 1 fully saturated rings. The van der Waals surface area contributed by atoms with Crippen LogP contribution in [-0.2, 0) is 24.2 Å². The van der Waals surface area contributed by atoms with Crippen molar-refractivity contribution >= 4 is 28.4 Å². The van der Waals surface area contributed by atoms with Gasteiger partial charge in [-0.15, -0.1) is 0 Å². The molecule has 0 bridgehead atoms. The van der Waals surface area contributed by atoms with Crippen molar-refractivity contribution in [2.24, 2.45) is 4.99 Å². The van der Waals surface area contributed by atoms with Gasteiger partial charge < -0.3 is 24.6 Å². The highest BCUT2D eigenvalue weighted by molar-refractivity contribution is 5.92. The molecule has 8 heteroatoms. The molecule has 1 aromatic heterocycles. The van der Waals surface area contributed by atoms with Crippen molar-refractivity contribution in [2.75, 3.05) is 56.2 Å². The van der Waals surface area contributed by atoms with Crippen molar-refractivity contribution in [1.29, 1.82) is 0 Å². The lowest BCUT2D eigenvalue weighted by Crippen LogP contribution is -2.37. The normalized spacial score (nSPS) is 19.8. The third-order valence-electron chi connectivity index (χ3n) is 8.12. The van der Waals surface area contributed by atoms with Crippen LogP contribution >= 0.6 is 0 Å². The van der Waals surface area contributed by atoms with Gasteiger partial charge in [0.25, 0.3) is 0 Å². The summed E-state index contributed by atoms with van der Waals surface area (Å²) in [4.78, 5) is 14.6. The third-order valence-corrected chi connectivity index (χ3v) is 8.12. The number of imidazole rings is 1. The molecule has 39 heavy (non-hydrogen) atoms. The number of fused-ring (bicyclic) bond motifs is 2. The zero-order valence-corrected chi connectivity index (χ0v) is 23.2. The summed E-state index contributed by atoms with van der Waals surface area (Å²) in [5.41, 5.74) is 9.15. The van der Waals surface area contributed by atoms with Gasteiger partial charge in [0, 0.05) is 44.1 Å². The number of aromatic nitrogens is 2. The van der Waals surface area contributed by atoms with Gasteiger partial charge in [-0.05, 0) is 74.5 Å². The van der Waals surface area contributed by atoms with Crippen LogP contribution in [0.3, 0.4) is 0 Å². The smallest absolute Gasteiger partial charge is 0.204 e. The summed E-state index contributed by atoms with van der Waals surface area (Å²) < 4.78 is 7.68. The van der Waals surface area contributed by atoms with Crippen LogP contribution in [0.2, 0.25) is 0 Å². The van der Waals surface area contributed by atoms with E-state index in [9.17, 15) is 5.11 Å². The van der Waals surface area contributed by atoms with E-state index < -0.39 is 6.10 Å². The Labute approximate surface area is 231 Å². The number of anilines is 2. The first-order valence-corrected chi connectivity index (χ1v) is 14.3. The zero-order valence-electron chi connectivity index (χ0n) is 23.2. The Hall–Kier alpha value is -3.20. The molecule has 2 aromatic carbocycles.